The van der Waals surface area contributed by atoms with Crippen molar-refractivity contribution in [1.29, 1.82) is 0 Å². The highest BCUT2D eigenvalue weighted by Gasteiger charge is 2.14. The number of rotatable bonds is 9. The van der Waals surface area contributed by atoms with Crippen molar-refractivity contribution in [1.82, 2.24) is 4.90 Å². The Morgan fingerprint density at radius 2 is 1.81 bits per heavy atom. The van der Waals surface area contributed by atoms with Crippen LogP contribution in [0.4, 0.5) is 10.1 Å². The summed E-state index contributed by atoms with van der Waals surface area (Å²) in [5.41, 5.74) is 1.81. The maximum atomic E-state index is 13.4. The van der Waals surface area contributed by atoms with Crippen LogP contribution in [0, 0.1) is 5.82 Å². The number of likely N-dealkylation sites (N-methyl/N-ethyl adjacent to an activating group) is 1. The minimum atomic E-state index is -0.426. The lowest BCUT2D eigenvalue weighted by molar-refractivity contribution is -0.133. The third-order valence-corrected chi connectivity index (χ3v) is 4.11. The van der Waals surface area contributed by atoms with E-state index in [-0.39, 0.29) is 37.1 Å². The summed E-state index contributed by atoms with van der Waals surface area (Å²) in [5, 5.41) is 2.84. The molecule has 0 unspecified atom stereocenters. The molecule has 2 rings (SSSR count). The zero-order valence-electron chi connectivity index (χ0n) is 15.7. The lowest BCUT2D eigenvalue weighted by atomic mass is 10.1. The second-order valence-corrected chi connectivity index (χ2v) is 6.19. The number of carbonyl (C=O) groups excluding carboxylic acids is 2. The summed E-state index contributed by atoms with van der Waals surface area (Å²) >= 11 is 0. The van der Waals surface area contributed by atoms with Crippen LogP contribution in [0.2, 0.25) is 0 Å². The Kier molecular flexibility index (Phi) is 7.79. The molecule has 0 spiro atoms. The smallest absolute Gasteiger partial charge is 0.243 e. The molecule has 0 saturated heterocycles. The van der Waals surface area contributed by atoms with E-state index in [1.54, 1.807) is 25.2 Å². The predicted octanol–water partition coefficient (Wildman–Crippen LogP) is 3.64. The van der Waals surface area contributed by atoms with Gasteiger partial charge in [-0.25, -0.2) is 4.39 Å². The summed E-state index contributed by atoms with van der Waals surface area (Å²) in [6, 6.07) is 13.7. The quantitative estimate of drug-likeness (QED) is 0.684. The molecule has 0 fully saturated rings. The first-order valence-corrected chi connectivity index (χ1v) is 9.00. The number of nitrogens with zero attached hydrogens (tertiary/aromatic N) is 1. The largest absolute Gasteiger partial charge is 0.491 e. The molecule has 0 aliphatic heterocycles. The van der Waals surface area contributed by atoms with Gasteiger partial charge in [-0.1, -0.05) is 37.3 Å². The average molecular weight is 372 g/mol. The Bertz CT molecular complexity index is 780. The Morgan fingerprint density at radius 3 is 2.56 bits per heavy atom. The standard InChI is InChI=1S/C21H25FN2O3/c1-3-16-9-4-6-11-18(16)23-20(25)15-24(2)21(26)13-8-14-27-19-12-7-5-10-17(19)22/h4-7,9-12H,3,8,13-15H2,1-2H3,(H,23,25). The number of ether oxygens (including phenoxy) is 1. The number of hydrogen-bond donors (Lipinski definition) is 1. The van der Waals surface area contributed by atoms with Gasteiger partial charge in [-0.3, -0.25) is 9.59 Å². The Hall–Kier alpha value is -2.89. The molecule has 27 heavy (non-hydrogen) atoms. The summed E-state index contributed by atoms with van der Waals surface area (Å²) in [5.74, 6) is -0.655. The molecular weight excluding hydrogens is 347 g/mol. The minimum Gasteiger partial charge on any atom is -0.491 e. The summed E-state index contributed by atoms with van der Waals surface area (Å²) in [4.78, 5) is 25.7. The molecule has 0 heterocycles. The fraction of sp³-hybridized carbons (Fsp3) is 0.333. The maximum absolute atomic E-state index is 13.4. The molecule has 0 aliphatic rings. The van der Waals surface area contributed by atoms with Gasteiger partial charge in [-0.05, 0) is 36.6 Å². The molecule has 0 radical (unpaired) electrons. The van der Waals surface area contributed by atoms with Crippen LogP contribution < -0.4 is 10.1 Å². The van der Waals surface area contributed by atoms with Gasteiger partial charge in [0.15, 0.2) is 11.6 Å². The first-order valence-electron chi connectivity index (χ1n) is 9.00. The Balaban J connectivity index is 1.73. The Morgan fingerprint density at radius 1 is 1.11 bits per heavy atom. The van der Waals surface area contributed by atoms with Crippen molar-refractivity contribution < 1.29 is 18.7 Å². The van der Waals surface area contributed by atoms with Crippen molar-refractivity contribution in [3.63, 3.8) is 0 Å². The fourth-order valence-corrected chi connectivity index (χ4v) is 2.60. The van der Waals surface area contributed by atoms with Gasteiger partial charge in [0, 0.05) is 19.2 Å². The van der Waals surface area contributed by atoms with Gasteiger partial charge in [0.05, 0.1) is 13.2 Å². The third kappa shape index (κ3) is 6.40. The van der Waals surface area contributed by atoms with E-state index < -0.39 is 5.82 Å². The fourth-order valence-electron chi connectivity index (χ4n) is 2.60. The van der Waals surface area contributed by atoms with Crippen molar-refractivity contribution in [3.8, 4) is 5.75 Å². The zero-order valence-corrected chi connectivity index (χ0v) is 15.7. The van der Waals surface area contributed by atoms with Gasteiger partial charge in [-0.15, -0.1) is 0 Å². The van der Waals surface area contributed by atoms with Gasteiger partial charge in [-0.2, -0.15) is 0 Å². The molecule has 2 amide bonds. The van der Waals surface area contributed by atoms with Gasteiger partial charge in [0.25, 0.3) is 0 Å². The molecule has 144 valence electrons. The number of carbonyl (C=O) groups is 2. The third-order valence-electron chi connectivity index (χ3n) is 4.11. The van der Waals surface area contributed by atoms with Crippen LogP contribution in [-0.2, 0) is 16.0 Å². The number of benzene rings is 2. The highest BCUT2D eigenvalue weighted by Crippen LogP contribution is 2.16. The Labute approximate surface area is 159 Å². The number of halogens is 1. The van der Waals surface area contributed by atoms with Gasteiger partial charge < -0.3 is 15.0 Å². The van der Waals surface area contributed by atoms with E-state index in [2.05, 4.69) is 5.32 Å². The molecule has 0 saturated carbocycles. The molecule has 2 aromatic rings. The molecular formula is C21H25FN2O3. The summed E-state index contributed by atoms with van der Waals surface area (Å²) in [7, 11) is 1.59. The van der Waals surface area contributed by atoms with E-state index in [1.165, 1.54) is 11.0 Å². The number of hydrogen-bond acceptors (Lipinski definition) is 3. The van der Waals surface area contributed by atoms with Crippen molar-refractivity contribution in [2.45, 2.75) is 26.2 Å². The summed E-state index contributed by atoms with van der Waals surface area (Å²) < 4.78 is 18.8. The van der Waals surface area contributed by atoms with E-state index in [9.17, 15) is 14.0 Å². The predicted molar refractivity (Wildman–Crippen MR) is 103 cm³/mol. The van der Waals surface area contributed by atoms with Crippen LogP contribution in [0.5, 0.6) is 5.75 Å². The average Bonchev–Trinajstić information content (AvgIpc) is 2.66. The second-order valence-electron chi connectivity index (χ2n) is 6.19. The molecule has 0 aliphatic carbocycles. The molecule has 0 atom stereocenters. The molecule has 0 aromatic heterocycles. The normalized spacial score (nSPS) is 10.3. The van der Waals surface area contributed by atoms with E-state index in [4.69, 9.17) is 4.74 Å². The molecule has 0 bridgehead atoms. The van der Waals surface area contributed by atoms with Gasteiger partial charge >= 0.3 is 0 Å². The van der Waals surface area contributed by atoms with Crippen LogP contribution in [0.3, 0.4) is 0 Å². The van der Waals surface area contributed by atoms with Crippen molar-refractivity contribution in [3.05, 3.63) is 59.9 Å². The number of nitrogens with one attached hydrogen (secondary N) is 1. The zero-order chi connectivity index (χ0) is 19.6. The number of amides is 2. The lowest BCUT2D eigenvalue weighted by Gasteiger charge is -2.17. The van der Waals surface area contributed by atoms with E-state index >= 15 is 0 Å². The SMILES string of the molecule is CCc1ccccc1NC(=O)CN(C)C(=O)CCCOc1ccccc1F. The molecule has 6 heteroatoms. The lowest BCUT2D eigenvalue weighted by Crippen LogP contribution is -2.35. The van der Waals surface area contributed by atoms with Crippen LogP contribution in [-0.4, -0.2) is 36.9 Å². The number of anilines is 1. The summed E-state index contributed by atoms with van der Waals surface area (Å²) in [6.45, 7) is 2.23. The second kappa shape index (κ2) is 10.3. The van der Waals surface area contributed by atoms with Crippen molar-refractivity contribution >= 4 is 17.5 Å². The van der Waals surface area contributed by atoms with E-state index in [0.717, 1.165) is 17.7 Å². The van der Waals surface area contributed by atoms with Crippen LogP contribution in [0.15, 0.2) is 48.5 Å². The van der Waals surface area contributed by atoms with Crippen molar-refractivity contribution in [2.75, 3.05) is 25.5 Å². The van der Waals surface area contributed by atoms with E-state index in [0.29, 0.717) is 6.42 Å². The highest BCUT2D eigenvalue weighted by atomic mass is 19.1. The van der Waals surface area contributed by atoms with E-state index in [1.807, 2.05) is 31.2 Å². The van der Waals surface area contributed by atoms with Crippen LogP contribution in [0.1, 0.15) is 25.3 Å². The first kappa shape index (κ1) is 20.4. The van der Waals surface area contributed by atoms with Gasteiger partial charge in [0.1, 0.15) is 0 Å². The monoisotopic (exact) mass is 372 g/mol. The molecule has 1 N–H and O–H groups in total. The van der Waals surface area contributed by atoms with Gasteiger partial charge in [0.2, 0.25) is 11.8 Å². The van der Waals surface area contributed by atoms with Crippen LogP contribution in [0.25, 0.3) is 0 Å². The number of para-hydroxylation sites is 2. The van der Waals surface area contributed by atoms with Crippen molar-refractivity contribution in [2.24, 2.45) is 0 Å². The highest BCUT2D eigenvalue weighted by molar-refractivity contribution is 5.95. The minimum absolute atomic E-state index is 0.0228. The number of aryl methyl sites for hydroxylation is 1. The topological polar surface area (TPSA) is 58.6 Å². The molecule has 2 aromatic carbocycles. The maximum Gasteiger partial charge on any atom is 0.243 e. The molecule has 5 nitrogen and oxygen atoms in total. The van der Waals surface area contributed by atoms with Crippen LogP contribution >= 0.6 is 0 Å². The summed E-state index contributed by atoms with van der Waals surface area (Å²) in [6.07, 6.45) is 1.48. The first-order chi connectivity index (χ1) is 13.0.